The molecule has 1 atom stereocenters. The van der Waals surface area contributed by atoms with Gasteiger partial charge in [0.25, 0.3) is 0 Å². The minimum Gasteiger partial charge on any atom is -0.359 e. The SMILES string of the molecule is CCN(c1cc(N(C)CCc2ccncc2)ncn1)C1CCS(=O)(=O)C1. The van der Waals surface area contributed by atoms with Crippen molar-refractivity contribution in [3.8, 4) is 0 Å². The van der Waals surface area contributed by atoms with Crippen molar-refractivity contribution in [1.82, 2.24) is 15.0 Å². The number of rotatable bonds is 7. The molecule has 1 saturated heterocycles. The van der Waals surface area contributed by atoms with Crippen molar-refractivity contribution in [1.29, 1.82) is 0 Å². The Kier molecular flexibility index (Phi) is 5.70. The van der Waals surface area contributed by atoms with E-state index >= 15 is 0 Å². The summed E-state index contributed by atoms with van der Waals surface area (Å²) in [5.74, 6) is 2.09. The Morgan fingerprint density at radius 1 is 1.19 bits per heavy atom. The second-order valence-electron chi connectivity index (χ2n) is 6.60. The van der Waals surface area contributed by atoms with Crippen LogP contribution in [0.3, 0.4) is 0 Å². The van der Waals surface area contributed by atoms with Crippen LogP contribution in [0.5, 0.6) is 0 Å². The Labute approximate surface area is 155 Å². The van der Waals surface area contributed by atoms with Crippen molar-refractivity contribution in [3.05, 3.63) is 42.5 Å². The van der Waals surface area contributed by atoms with Gasteiger partial charge in [-0.1, -0.05) is 0 Å². The zero-order valence-corrected chi connectivity index (χ0v) is 16.1. The second-order valence-corrected chi connectivity index (χ2v) is 8.83. The second kappa shape index (κ2) is 7.99. The van der Waals surface area contributed by atoms with Crippen molar-refractivity contribution in [2.24, 2.45) is 0 Å². The molecule has 1 fully saturated rings. The number of likely N-dealkylation sites (N-methyl/N-ethyl adjacent to an activating group) is 1. The van der Waals surface area contributed by atoms with Gasteiger partial charge in [0.05, 0.1) is 11.5 Å². The van der Waals surface area contributed by atoms with E-state index in [0.717, 1.165) is 31.1 Å². The van der Waals surface area contributed by atoms with E-state index in [4.69, 9.17) is 0 Å². The van der Waals surface area contributed by atoms with Crippen LogP contribution in [0, 0.1) is 0 Å². The van der Waals surface area contributed by atoms with E-state index in [1.165, 1.54) is 5.56 Å². The standard InChI is InChI=1S/C18H25N5O2S/c1-3-23(16-7-11-26(24,25)13-16)18-12-17(20-14-21-18)22(2)10-6-15-4-8-19-9-5-15/h4-5,8-9,12,14,16H,3,6-7,10-11,13H2,1-2H3. The summed E-state index contributed by atoms with van der Waals surface area (Å²) < 4.78 is 23.6. The van der Waals surface area contributed by atoms with Gasteiger partial charge in [0, 0.05) is 44.6 Å². The van der Waals surface area contributed by atoms with Crippen molar-refractivity contribution >= 4 is 21.5 Å². The van der Waals surface area contributed by atoms with Gasteiger partial charge in [-0.3, -0.25) is 4.98 Å². The Bertz CT molecular complexity index is 828. The lowest BCUT2D eigenvalue weighted by atomic mass is 10.2. The Balaban J connectivity index is 1.70. The molecular formula is C18H25N5O2S. The minimum absolute atomic E-state index is 0.00475. The maximum Gasteiger partial charge on any atom is 0.152 e. The molecule has 1 aliphatic heterocycles. The minimum atomic E-state index is -2.92. The molecule has 0 bridgehead atoms. The molecule has 3 heterocycles. The Morgan fingerprint density at radius 2 is 1.92 bits per heavy atom. The number of hydrogen-bond donors (Lipinski definition) is 0. The van der Waals surface area contributed by atoms with Crippen LogP contribution in [-0.2, 0) is 16.3 Å². The van der Waals surface area contributed by atoms with Crippen molar-refractivity contribution in [2.75, 3.05) is 41.4 Å². The van der Waals surface area contributed by atoms with Crippen LogP contribution >= 0.6 is 0 Å². The third-order valence-corrected chi connectivity index (χ3v) is 6.55. The highest BCUT2D eigenvalue weighted by Gasteiger charge is 2.32. The normalized spacial score (nSPS) is 18.6. The molecule has 0 saturated carbocycles. The van der Waals surface area contributed by atoms with Crippen LogP contribution in [0.25, 0.3) is 0 Å². The number of anilines is 2. The summed E-state index contributed by atoms with van der Waals surface area (Å²) in [7, 11) is -0.921. The summed E-state index contributed by atoms with van der Waals surface area (Å²) in [5.41, 5.74) is 1.23. The molecule has 7 nitrogen and oxygen atoms in total. The van der Waals surface area contributed by atoms with Crippen LogP contribution in [0.15, 0.2) is 36.9 Å². The van der Waals surface area contributed by atoms with Crippen LogP contribution in [0.1, 0.15) is 18.9 Å². The lowest BCUT2D eigenvalue weighted by Crippen LogP contribution is -2.37. The average Bonchev–Trinajstić information content (AvgIpc) is 3.01. The van der Waals surface area contributed by atoms with E-state index < -0.39 is 9.84 Å². The summed E-state index contributed by atoms with van der Waals surface area (Å²) in [6.07, 6.45) is 6.71. The number of hydrogen-bond acceptors (Lipinski definition) is 7. The highest BCUT2D eigenvalue weighted by molar-refractivity contribution is 7.91. The maximum absolute atomic E-state index is 11.8. The van der Waals surface area contributed by atoms with Gasteiger partial charge in [-0.25, -0.2) is 18.4 Å². The molecule has 26 heavy (non-hydrogen) atoms. The van der Waals surface area contributed by atoms with Gasteiger partial charge in [-0.2, -0.15) is 0 Å². The highest BCUT2D eigenvalue weighted by atomic mass is 32.2. The molecule has 0 aliphatic carbocycles. The lowest BCUT2D eigenvalue weighted by Gasteiger charge is -2.28. The zero-order valence-electron chi connectivity index (χ0n) is 15.2. The van der Waals surface area contributed by atoms with Gasteiger partial charge in [0.2, 0.25) is 0 Å². The van der Waals surface area contributed by atoms with Crippen LogP contribution in [0.2, 0.25) is 0 Å². The summed E-state index contributed by atoms with van der Waals surface area (Å²) in [6.45, 7) is 3.57. The van der Waals surface area contributed by atoms with Gasteiger partial charge in [-0.15, -0.1) is 0 Å². The van der Waals surface area contributed by atoms with Gasteiger partial charge in [0.1, 0.15) is 18.0 Å². The molecule has 140 valence electrons. The van der Waals surface area contributed by atoms with E-state index in [2.05, 4.69) is 24.8 Å². The van der Waals surface area contributed by atoms with Gasteiger partial charge in [0.15, 0.2) is 9.84 Å². The largest absolute Gasteiger partial charge is 0.359 e. The fourth-order valence-corrected chi connectivity index (χ4v) is 5.02. The number of pyridine rings is 1. The van der Waals surface area contributed by atoms with Crippen molar-refractivity contribution in [3.63, 3.8) is 0 Å². The average molecular weight is 375 g/mol. The molecule has 0 radical (unpaired) electrons. The molecule has 0 spiro atoms. The zero-order chi connectivity index (χ0) is 18.6. The maximum atomic E-state index is 11.8. The molecule has 0 amide bonds. The lowest BCUT2D eigenvalue weighted by molar-refractivity contribution is 0.599. The number of nitrogens with zero attached hydrogens (tertiary/aromatic N) is 5. The monoisotopic (exact) mass is 375 g/mol. The molecule has 1 aliphatic rings. The van der Waals surface area contributed by atoms with E-state index in [0.29, 0.717) is 6.42 Å². The smallest absolute Gasteiger partial charge is 0.152 e. The van der Waals surface area contributed by atoms with Crippen molar-refractivity contribution in [2.45, 2.75) is 25.8 Å². The van der Waals surface area contributed by atoms with E-state index in [-0.39, 0.29) is 17.5 Å². The first-order chi connectivity index (χ1) is 12.5. The predicted octanol–water partition coefficient (Wildman–Crippen LogP) is 1.56. The highest BCUT2D eigenvalue weighted by Crippen LogP contribution is 2.24. The van der Waals surface area contributed by atoms with Crippen LogP contribution in [-0.4, -0.2) is 61.1 Å². The molecule has 1 unspecified atom stereocenters. The Hall–Kier alpha value is -2.22. The number of sulfone groups is 1. The third kappa shape index (κ3) is 4.49. The quantitative estimate of drug-likeness (QED) is 0.727. The summed E-state index contributed by atoms with van der Waals surface area (Å²) in [4.78, 5) is 17.0. The first-order valence-corrected chi connectivity index (χ1v) is 10.7. The van der Waals surface area contributed by atoms with Gasteiger partial charge >= 0.3 is 0 Å². The first-order valence-electron chi connectivity index (χ1n) is 8.87. The van der Waals surface area contributed by atoms with E-state index in [1.54, 1.807) is 18.7 Å². The summed E-state index contributed by atoms with van der Waals surface area (Å²) in [6, 6.07) is 5.97. The molecular weight excluding hydrogens is 350 g/mol. The molecule has 3 rings (SSSR count). The van der Waals surface area contributed by atoms with Gasteiger partial charge < -0.3 is 9.80 Å². The topological polar surface area (TPSA) is 79.3 Å². The third-order valence-electron chi connectivity index (χ3n) is 4.80. The number of aromatic nitrogens is 3. The van der Waals surface area contributed by atoms with Crippen molar-refractivity contribution < 1.29 is 8.42 Å². The molecule has 2 aromatic heterocycles. The molecule has 2 aromatic rings. The Morgan fingerprint density at radius 3 is 2.58 bits per heavy atom. The van der Waals surface area contributed by atoms with Crippen LogP contribution < -0.4 is 9.80 Å². The fourth-order valence-electron chi connectivity index (χ4n) is 3.29. The summed E-state index contributed by atoms with van der Waals surface area (Å²) in [5, 5.41) is 0. The predicted molar refractivity (Wildman–Crippen MR) is 103 cm³/mol. The molecule has 0 N–H and O–H groups in total. The first kappa shape index (κ1) is 18.6. The fraction of sp³-hybridized carbons (Fsp3) is 0.500. The molecule has 8 heteroatoms. The van der Waals surface area contributed by atoms with E-state index in [1.807, 2.05) is 32.2 Å². The van der Waals surface area contributed by atoms with Gasteiger partial charge in [-0.05, 0) is 37.5 Å². The molecule has 0 aromatic carbocycles. The van der Waals surface area contributed by atoms with E-state index in [9.17, 15) is 8.42 Å². The summed E-state index contributed by atoms with van der Waals surface area (Å²) >= 11 is 0. The van der Waals surface area contributed by atoms with Crippen LogP contribution in [0.4, 0.5) is 11.6 Å².